The number of carbonyl (C=O) groups is 1. The molecule has 0 spiro atoms. The predicted molar refractivity (Wildman–Crippen MR) is 116 cm³/mol. The molecule has 2 amide bonds. The van der Waals surface area contributed by atoms with Crippen molar-refractivity contribution in [2.75, 3.05) is 13.1 Å². The third kappa shape index (κ3) is 3.75. The summed E-state index contributed by atoms with van der Waals surface area (Å²) in [6.45, 7) is 2.72. The van der Waals surface area contributed by atoms with E-state index < -0.39 is 10.0 Å². The average Bonchev–Trinajstić information content (AvgIpc) is 2.67. The molecule has 4 aliphatic carbocycles. The summed E-state index contributed by atoms with van der Waals surface area (Å²) in [5.41, 5.74) is 0.779. The summed E-state index contributed by atoms with van der Waals surface area (Å²) < 4.78 is 27.5. The Balaban J connectivity index is 1.16. The number of rotatable bonds is 4. The van der Waals surface area contributed by atoms with Crippen LogP contribution in [-0.4, -0.2) is 43.4 Å². The molecule has 4 bridgehead atoms. The fourth-order valence-corrected chi connectivity index (χ4v) is 8.65. The topological polar surface area (TPSA) is 78.5 Å². The van der Waals surface area contributed by atoms with Crippen LogP contribution in [-0.2, 0) is 10.0 Å². The summed E-state index contributed by atoms with van der Waals surface area (Å²) in [6, 6.07) is 7.10. The van der Waals surface area contributed by atoms with E-state index in [1.54, 1.807) is 16.4 Å². The molecule has 1 heterocycles. The molecule has 30 heavy (non-hydrogen) atoms. The molecule has 5 fully saturated rings. The number of hydrogen-bond donors (Lipinski definition) is 2. The second-order valence-corrected chi connectivity index (χ2v) is 12.1. The Kier molecular flexibility index (Phi) is 5.09. The number of amides is 2. The van der Waals surface area contributed by atoms with Crippen molar-refractivity contribution >= 4 is 16.1 Å². The molecule has 1 saturated heterocycles. The lowest BCUT2D eigenvalue weighted by Gasteiger charge is -2.56. The predicted octanol–water partition coefficient (Wildman–Crippen LogP) is 3.42. The van der Waals surface area contributed by atoms with E-state index >= 15 is 0 Å². The highest BCUT2D eigenvalue weighted by Crippen LogP contribution is 2.55. The van der Waals surface area contributed by atoms with E-state index in [1.165, 1.54) is 19.3 Å². The quantitative estimate of drug-likeness (QED) is 0.767. The van der Waals surface area contributed by atoms with Gasteiger partial charge in [0.25, 0.3) is 0 Å². The first-order valence-corrected chi connectivity index (χ1v) is 12.9. The highest BCUT2D eigenvalue weighted by Gasteiger charge is 2.51. The van der Waals surface area contributed by atoms with Gasteiger partial charge in [0, 0.05) is 24.7 Å². The number of nitrogens with one attached hydrogen (secondary N) is 2. The first-order chi connectivity index (χ1) is 14.3. The summed E-state index contributed by atoms with van der Waals surface area (Å²) >= 11 is 0. The SMILES string of the molecule is Cc1ccccc1S(=O)(=O)N1CCC(NC(=O)NC23CC4CC(CC(C4)C2)C3)CC1. The lowest BCUT2D eigenvalue weighted by atomic mass is 9.53. The van der Waals surface area contributed by atoms with E-state index in [0.29, 0.717) is 30.8 Å². The normalized spacial score (nSPS) is 34.1. The molecule has 6 nitrogen and oxygen atoms in total. The summed E-state index contributed by atoms with van der Waals surface area (Å²) in [5, 5.41) is 6.51. The zero-order valence-electron chi connectivity index (χ0n) is 17.8. The number of benzene rings is 1. The molecule has 0 unspecified atom stereocenters. The van der Waals surface area contributed by atoms with Crippen molar-refractivity contribution in [1.82, 2.24) is 14.9 Å². The highest BCUT2D eigenvalue weighted by atomic mass is 32.2. The van der Waals surface area contributed by atoms with Gasteiger partial charge in [0.05, 0.1) is 4.90 Å². The lowest BCUT2D eigenvalue weighted by molar-refractivity contribution is -0.0137. The number of sulfonamides is 1. The van der Waals surface area contributed by atoms with Crippen molar-refractivity contribution in [1.29, 1.82) is 0 Å². The maximum Gasteiger partial charge on any atom is 0.315 e. The van der Waals surface area contributed by atoms with Crippen molar-refractivity contribution in [3.63, 3.8) is 0 Å². The molecule has 1 aromatic carbocycles. The standard InChI is InChI=1S/C23H33N3O3S/c1-16-4-2-3-5-21(16)30(28,29)26-8-6-20(7-9-26)24-22(27)25-23-13-17-10-18(14-23)12-19(11-17)15-23/h2-5,17-20H,6-15H2,1H3,(H2,24,25,27). The Labute approximate surface area is 179 Å². The van der Waals surface area contributed by atoms with Crippen molar-refractivity contribution in [3.8, 4) is 0 Å². The Hall–Kier alpha value is -1.60. The second kappa shape index (κ2) is 7.52. The number of carbonyl (C=O) groups excluding carboxylic acids is 1. The van der Waals surface area contributed by atoms with E-state index in [-0.39, 0.29) is 17.6 Å². The molecule has 1 aliphatic heterocycles. The van der Waals surface area contributed by atoms with Crippen LogP contribution in [0, 0.1) is 24.7 Å². The molecule has 0 aromatic heterocycles. The van der Waals surface area contributed by atoms with Gasteiger partial charge in [-0.1, -0.05) is 18.2 Å². The van der Waals surface area contributed by atoms with Gasteiger partial charge in [-0.3, -0.25) is 0 Å². The van der Waals surface area contributed by atoms with Gasteiger partial charge >= 0.3 is 6.03 Å². The van der Waals surface area contributed by atoms with Gasteiger partial charge in [-0.2, -0.15) is 4.31 Å². The first-order valence-electron chi connectivity index (χ1n) is 11.5. The molecule has 0 atom stereocenters. The van der Waals surface area contributed by atoms with E-state index in [0.717, 1.165) is 42.6 Å². The Morgan fingerprint density at radius 2 is 1.57 bits per heavy atom. The fourth-order valence-electron chi connectivity index (χ4n) is 6.95. The maximum atomic E-state index is 13.0. The molecule has 2 N–H and O–H groups in total. The summed E-state index contributed by atoms with van der Waals surface area (Å²) in [5.74, 6) is 2.39. The van der Waals surface area contributed by atoms with E-state index in [1.807, 2.05) is 19.1 Å². The maximum absolute atomic E-state index is 13.0. The van der Waals surface area contributed by atoms with Crippen LogP contribution in [0.5, 0.6) is 0 Å². The third-order valence-corrected chi connectivity index (χ3v) is 9.98. The van der Waals surface area contributed by atoms with Crippen molar-refractivity contribution in [2.45, 2.75) is 74.8 Å². The van der Waals surface area contributed by atoms with Crippen molar-refractivity contribution in [3.05, 3.63) is 29.8 Å². The fraction of sp³-hybridized carbons (Fsp3) is 0.696. The second-order valence-electron chi connectivity index (χ2n) is 10.2. The zero-order valence-corrected chi connectivity index (χ0v) is 18.6. The molecular formula is C23H33N3O3S. The van der Waals surface area contributed by atoms with Gasteiger partial charge in [0.2, 0.25) is 10.0 Å². The van der Waals surface area contributed by atoms with Crippen LogP contribution in [0.3, 0.4) is 0 Å². The van der Waals surface area contributed by atoms with Gasteiger partial charge in [-0.15, -0.1) is 0 Å². The Morgan fingerprint density at radius 1 is 1.00 bits per heavy atom. The minimum absolute atomic E-state index is 0.00765. The van der Waals surface area contributed by atoms with Crippen LogP contribution in [0.1, 0.15) is 56.9 Å². The average molecular weight is 432 g/mol. The summed E-state index contributed by atoms with van der Waals surface area (Å²) in [7, 11) is -3.48. The molecule has 4 saturated carbocycles. The number of nitrogens with zero attached hydrogens (tertiary/aromatic N) is 1. The molecule has 164 valence electrons. The van der Waals surface area contributed by atoms with Gasteiger partial charge < -0.3 is 10.6 Å². The summed E-state index contributed by atoms with van der Waals surface area (Å²) in [6.07, 6.45) is 8.79. The van der Waals surface area contributed by atoms with E-state index in [9.17, 15) is 13.2 Å². The molecule has 0 radical (unpaired) electrons. The third-order valence-electron chi connectivity index (χ3n) is 7.92. The minimum Gasteiger partial charge on any atom is -0.335 e. The van der Waals surface area contributed by atoms with Crippen LogP contribution < -0.4 is 10.6 Å². The number of urea groups is 1. The van der Waals surface area contributed by atoms with E-state index in [2.05, 4.69) is 10.6 Å². The monoisotopic (exact) mass is 431 g/mol. The Morgan fingerprint density at radius 3 is 2.13 bits per heavy atom. The molecule has 7 heteroatoms. The van der Waals surface area contributed by atoms with Crippen LogP contribution >= 0.6 is 0 Å². The van der Waals surface area contributed by atoms with Gasteiger partial charge in [-0.25, -0.2) is 13.2 Å². The van der Waals surface area contributed by atoms with Crippen molar-refractivity contribution in [2.24, 2.45) is 17.8 Å². The smallest absolute Gasteiger partial charge is 0.315 e. The zero-order chi connectivity index (χ0) is 20.9. The highest BCUT2D eigenvalue weighted by molar-refractivity contribution is 7.89. The van der Waals surface area contributed by atoms with Crippen molar-refractivity contribution < 1.29 is 13.2 Å². The van der Waals surface area contributed by atoms with E-state index in [4.69, 9.17) is 0 Å². The lowest BCUT2D eigenvalue weighted by Crippen LogP contribution is -2.62. The van der Waals surface area contributed by atoms with Gasteiger partial charge in [0.15, 0.2) is 0 Å². The molecule has 1 aromatic rings. The number of aryl methyl sites for hydroxylation is 1. The van der Waals surface area contributed by atoms with Crippen LogP contribution in [0.4, 0.5) is 4.79 Å². The number of hydrogen-bond acceptors (Lipinski definition) is 3. The van der Waals surface area contributed by atoms with Gasteiger partial charge in [-0.05, 0) is 87.7 Å². The minimum atomic E-state index is -3.48. The largest absolute Gasteiger partial charge is 0.335 e. The van der Waals surface area contributed by atoms with Gasteiger partial charge in [0.1, 0.15) is 0 Å². The first kappa shape index (κ1) is 20.3. The molecule has 6 rings (SSSR count). The summed E-state index contributed by atoms with van der Waals surface area (Å²) in [4.78, 5) is 13.2. The van der Waals surface area contributed by atoms with Crippen LogP contribution in [0.15, 0.2) is 29.2 Å². The van der Waals surface area contributed by atoms with Crippen LogP contribution in [0.2, 0.25) is 0 Å². The number of piperidine rings is 1. The molecular weight excluding hydrogens is 398 g/mol. The molecule has 5 aliphatic rings. The Bertz CT molecular complexity index is 886. The van der Waals surface area contributed by atoms with Crippen LogP contribution in [0.25, 0.3) is 0 Å².